The van der Waals surface area contributed by atoms with Crippen molar-refractivity contribution in [2.45, 2.75) is 75.5 Å². The number of hydrogen-bond donors (Lipinski definition) is 1. The van der Waals surface area contributed by atoms with Crippen LogP contribution in [0.15, 0.2) is 0 Å². The van der Waals surface area contributed by atoms with Crippen molar-refractivity contribution in [2.75, 3.05) is 12.8 Å². The Morgan fingerprint density at radius 3 is 2.05 bits per heavy atom. The molecule has 1 N–H and O–H groups in total. The first kappa shape index (κ1) is 14.7. The minimum Gasteiger partial charge on any atom is -0.316 e. The zero-order valence-corrected chi connectivity index (χ0v) is 14.3. The van der Waals surface area contributed by atoms with Gasteiger partial charge in [-0.2, -0.15) is 0 Å². The predicted molar refractivity (Wildman–Crippen MR) is 88.7 cm³/mol. The molecule has 5 fully saturated rings. The molecule has 0 aromatic rings. The SMILES string of the molecule is CNC(CS(=O)C1CCCC1)C12CC3CC(CC(C3)C1)C2. The summed E-state index contributed by atoms with van der Waals surface area (Å²) in [7, 11) is 1.52. The molecule has 0 aliphatic heterocycles. The van der Waals surface area contributed by atoms with Crippen LogP contribution in [0, 0.1) is 23.2 Å². The van der Waals surface area contributed by atoms with Gasteiger partial charge in [0.15, 0.2) is 0 Å². The summed E-state index contributed by atoms with van der Waals surface area (Å²) in [6, 6.07) is 0.507. The first-order valence-corrected chi connectivity index (χ1v) is 10.6. The van der Waals surface area contributed by atoms with E-state index in [1.54, 1.807) is 0 Å². The second-order valence-corrected chi connectivity index (χ2v) is 10.3. The highest BCUT2D eigenvalue weighted by molar-refractivity contribution is 7.85. The summed E-state index contributed by atoms with van der Waals surface area (Å²) < 4.78 is 12.8. The highest BCUT2D eigenvalue weighted by Crippen LogP contribution is 2.61. The molecule has 3 heteroatoms. The molecule has 5 aliphatic carbocycles. The highest BCUT2D eigenvalue weighted by atomic mass is 32.2. The maximum atomic E-state index is 12.8. The Morgan fingerprint density at radius 2 is 1.57 bits per heavy atom. The van der Waals surface area contributed by atoms with Crippen LogP contribution in [-0.4, -0.2) is 28.3 Å². The molecule has 0 radical (unpaired) electrons. The topological polar surface area (TPSA) is 29.1 Å². The molecule has 4 bridgehead atoms. The third kappa shape index (κ3) is 2.63. The smallest absolute Gasteiger partial charge is 0.0396 e. The van der Waals surface area contributed by atoms with E-state index in [2.05, 4.69) is 12.4 Å². The van der Waals surface area contributed by atoms with Gasteiger partial charge in [-0.25, -0.2) is 0 Å². The highest BCUT2D eigenvalue weighted by Gasteiger charge is 2.54. The van der Waals surface area contributed by atoms with Crippen LogP contribution >= 0.6 is 0 Å². The van der Waals surface area contributed by atoms with Crippen LogP contribution in [0.5, 0.6) is 0 Å². The molecule has 5 rings (SSSR count). The van der Waals surface area contributed by atoms with Gasteiger partial charge in [-0.05, 0) is 81.6 Å². The molecule has 0 saturated heterocycles. The number of nitrogens with one attached hydrogen (secondary N) is 1. The van der Waals surface area contributed by atoms with Crippen LogP contribution in [0.25, 0.3) is 0 Å². The Morgan fingerprint density at radius 1 is 1.05 bits per heavy atom. The quantitative estimate of drug-likeness (QED) is 0.842. The van der Waals surface area contributed by atoms with Gasteiger partial charge in [-0.3, -0.25) is 4.21 Å². The van der Waals surface area contributed by atoms with E-state index in [9.17, 15) is 4.21 Å². The molecule has 2 nitrogen and oxygen atoms in total. The van der Waals surface area contributed by atoms with Gasteiger partial charge in [0.2, 0.25) is 0 Å². The van der Waals surface area contributed by atoms with Crippen LogP contribution in [-0.2, 0) is 10.8 Å². The predicted octanol–water partition coefficient (Wildman–Crippen LogP) is 3.48. The van der Waals surface area contributed by atoms with Crippen LogP contribution in [0.2, 0.25) is 0 Å². The second kappa shape index (κ2) is 5.63. The molecule has 120 valence electrons. The molecule has 2 atom stereocenters. The molecular weight excluding hydrogens is 278 g/mol. The molecule has 21 heavy (non-hydrogen) atoms. The minimum atomic E-state index is -0.601. The van der Waals surface area contributed by atoms with Crippen molar-refractivity contribution in [3.8, 4) is 0 Å². The van der Waals surface area contributed by atoms with Gasteiger partial charge in [-0.1, -0.05) is 12.8 Å². The van der Waals surface area contributed by atoms with E-state index in [4.69, 9.17) is 0 Å². The van der Waals surface area contributed by atoms with Gasteiger partial charge < -0.3 is 5.32 Å². The molecule has 2 unspecified atom stereocenters. The van der Waals surface area contributed by atoms with Crippen LogP contribution in [0.3, 0.4) is 0 Å². The Kier molecular flexibility index (Phi) is 3.94. The summed E-state index contributed by atoms with van der Waals surface area (Å²) in [5, 5.41) is 4.13. The molecule has 0 heterocycles. The van der Waals surface area contributed by atoms with Gasteiger partial charge in [0.25, 0.3) is 0 Å². The Bertz CT molecular complexity index is 380. The summed E-state index contributed by atoms with van der Waals surface area (Å²) in [5.74, 6) is 3.90. The summed E-state index contributed by atoms with van der Waals surface area (Å²) in [4.78, 5) is 0. The van der Waals surface area contributed by atoms with Crippen molar-refractivity contribution in [1.82, 2.24) is 5.32 Å². The average Bonchev–Trinajstić information content (AvgIpc) is 2.97. The lowest BCUT2D eigenvalue weighted by Crippen LogP contribution is -2.57. The van der Waals surface area contributed by atoms with Crippen molar-refractivity contribution in [3.05, 3.63) is 0 Å². The first-order valence-electron chi connectivity index (χ1n) is 9.23. The molecule has 0 amide bonds. The fraction of sp³-hybridized carbons (Fsp3) is 1.00. The van der Waals surface area contributed by atoms with Crippen molar-refractivity contribution in [3.63, 3.8) is 0 Å². The van der Waals surface area contributed by atoms with Gasteiger partial charge in [0.1, 0.15) is 0 Å². The zero-order chi connectivity index (χ0) is 14.4. The van der Waals surface area contributed by atoms with E-state index in [1.807, 2.05) is 0 Å². The minimum absolute atomic E-state index is 0.498. The Hall–Kier alpha value is 0.110. The molecule has 0 spiro atoms. The standard InChI is InChI=1S/C18H31NOS/c1-19-17(12-21(20)16-4-2-3-5-16)18-9-13-6-14(10-18)8-15(7-13)11-18/h13-17,19H,2-12H2,1H3. The first-order chi connectivity index (χ1) is 10.2. The van der Waals surface area contributed by atoms with E-state index in [1.165, 1.54) is 64.2 Å². The fourth-order valence-corrected chi connectivity index (χ4v) is 8.60. The van der Waals surface area contributed by atoms with Crippen LogP contribution in [0.4, 0.5) is 0 Å². The van der Waals surface area contributed by atoms with Gasteiger partial charge in [0.05, 0.1) is 0 Å². The average molecular weight is 310 g/mol. The summed E-state index contributed by atoms with van der Waals surface area (Å²) in [6.07, 6.45) is 13.8. The largest absolute Gasteiger partial charge is 0.316 e. The molecule has 0 aromatic carbocycles. The maximum absolute atomic E-state index is 12.8. The van der Waals surface area contributed by atoms with Crippen LogP contribution < -0.4 is 5.32 Å². The molecular formula is C18H31NOS. The van der Waals surface area contributed by atoms with E-state index in [0.29, 0.717) is 16.7 Å². The van der Waals surface area contributed by atoms with E-state index in [0.717, 1.165) is 23.5 Å². The third-order valence-electron chi connectivity index (χ3n) is 7.18. The van der Waals surface area contributed by atoms with Crippen molar-refractivity contribution in [1.29, 1.82) is 0 Å². The summed E-state index contributed by atoms with van der Waals surface area (Å²) in [6.45, 7) is 0. The van der Waals surface area contributed by atoms with Crippen LogP contribution in [0.1, 0.15) is 64.2 Å². The van der Waals surface area contributed by atoms with Crippen molar-refractivity contribution in [2.24, 2.45) is 23.2 Å². The van der Waals surface area contributed by atoms with E-state index in [-0.39, 0.29) is 0 Å². The molecule has 0 aromatic heterocycles. The molecule has 5 aliphatic rings. The van der Waals surface area contributed by atoms with E-state index >= 15 is 0 Å². The number of rotatable bonds is 5. The van der Waals surface area contributed by atoms with Crippen molar-refractivity contribution >= 4 is 10.8 Å². The van der Waals surface area contributed by atoms with Gasteiger partial charge in [-0.15, -0.1) is 0 Å². The summed E-state index contributed by atoms with van der Waals surface area (Å²) >= 11 is 0. The Labute approximate surface area is 132 Å². The monoisotopic (exact) mass is 309 g/mol. The second-order valence-electron chi connectivity index (χ2n) is 8.58. The molecule has 5 saturated carbocycles. The Balaban J connectivity index is 1.48. The lowest BCUT2D eigenvalue weighted by Gasteiger charge is -2.59. The van der Waals surface area contributed by atoms with Gasteiger partial charge >= 0.3 is 0 Å². The van der Waals surface area contributed by atoms with Gasteiger partial charge in [0, 0.05) is 27.8 Å². The van der Waals surface area contributed by atoms with Crippen molar-refractivity contribution < 1.29 is 4.21 Å². The normalized spacial score (nSPS) is 45.1. The third-order valence-corrected chi connectivity index (χ3v) is 9.06. The summed E-state index contributed by atoms with van der Waals surface area (Å²) in [5.41, 5.74) is 0.498. The van der Waals surface area contributed by atoms with E-state index < -0.39 is 10.8 Å². The lowest BCUT2D eigenvalue weighted by atomic mass is 9.48. The lowest BCUT2D eigenvalue weighted by molar-refractivity contribution is -0.0683. The number of hydrogen-bond acceptors (Lipinski definition) is 2. The fourth-order valence-electron chi connectivity index (χ4n) is 6.62. The maximum Gasteiger partial charge on any atom is 0.0396 e. The zero-order valence-electron chi connectivity index (χ0n) is 13.5.